The summed E-state index contributed by atoms with van der Waals surface area (Å²) in [7, 11) is 0. The second-order valence-corrected chi connectivity index (χ2v) is 6.28. The van der Waals surface area contributed by atoms with Crippen LogP contribution in [0.25, 0.3) is 0 Å². The summed E-state index contributed by atoms with van der Waals surface area (Å²) in [4.78, 5) is 21.3. The van der Waals surface area contributed by atoms with Gasteiger partial charge in [-0.3, -0.25) is 4.79 Å². The summed E-state index contributed by atoms with van der Waals surface area (Å²) in [6, 6.07) is -0.658. The van der Waals surface area contributed by atoms with Crippen LogP contribution >= 0.6 is 0 Å². The molecule has 4 N–H and O–H groups in total. The molecule has 1 aliphatic rings. The Balaban J connectivity index is 2.24. The van der Waals surface area contributed by atoms with Gasteiger partial charge in [0.25, 0.3) is 0 Å². The zero-order chi connectivity index (χ0) is 15.1. The molecule has 0 bridgehead atoms. The third-order valence-electron chi connectivity index (χ3n) is 4.61. The Hall–Kier alpha value is -0.940. The molecule has 0 aromatic rings. The van der Waals surface area contributed by atoms with E-state index in [9.17, 15) is 9.59 Å². The molecular formula is C15H28N2O3. The molecule has 1 rings (SSSR count). The van der Waals surface area contributed by atoms with Gasteiger partial charge >= 0.3 is 5.97 Å². The molecule has 0 aliphatic heterocycles. The summed E-state index contributed by atoms with van der Waals surface area (Å²) in [6.45, 7) is 5.12. The van der Waals surface area contributed by atoms with Gasteiger partial charge in [-0.25, -0.2) is 0 Å². The lowest BCUT2D eigenvalue weighted by Crippen LogP contribution is -2.41. The molecule has 1 aliphatic carbocycles. The Morgan fingerprint density at radius 3 is 2.50 bits per heavy atom. The van der Waals surface area contributed by atoms with Crippen LogP contribution in [-0.2, 0) is 9.59 Å². The molecule has 0 aromatic heterocycles. The fourth-order valence-corrected chi connectivity index (χ4v) is 3.25. The van der Waals surface area contributed by atoms with E-state index < -0.39 is 12.0 Å². The Morgan fingerprint density at radius 2 is 2.00 bits per heavy atom. The Kier molecular flexibility index (Phi) is 7.16. The highest BCUT2D eigenvalue weighted by Crippen LogP contribution is 2.39. The summed E-state index contributed by atoms with van der Waals surface area (Å²) in [6.07, 6.45) is 5.12. The van der Waals surface area contributed by atoms with Gasteiger partial charge in [-0.05, 0) is 30.6 Å². The van der Waals surface area contributed by atoms with Gasteiger partial charge in [0, 0.05) is 12.6 Å². The van der Waals surface area contributed by atoms with Crippen LogP contribution in [0.1, 0.15) is 46.0 Å². The molecule has 3 unspecified atom stereocenters. The number of rotatable bonds is 9. The Bertz CT molecular complexity index is 312. The van der Waals surface area contributed by atoms with Gasteiger partial charge in [-0.15, -0.1) is 0 Å². The average molecular weight is 284 g/mol. The number of aliphatic carboxylic acids is 1. The topological polar surface area (TPSA) is 92.4 Å². The lowest BCUT2D eigenvalue weighted by atomic mass is 9.86. The van der Waals surface area contributed by atoms with Crippen LogP contribution in [0.5, 0.6) is 0 Å². The van der Waals surface area contributed by atoms with E-state index in [-0.39, 0.29) is 12.5 Å². The fraction of sp³-hybridized carbons (Fsp3) is 0.867. The van der Waals surface area contributed by atoms with Crippen molar-refractivity contribution in [1.29, 1.82) is 0 Å². The monoisotopic (exact) mass is 284 g/mol. The van der Waals surface area contributed by atoms with Crippen molar-refractivity contribution in [2.75, 3.05) is 6.54 Å². The molecule has 0 saturated heterocycles. The third-order valence-corrected chi connectivity index (χ3v) is 4.61. The van der Waals surface area contributed by atoms with Crippen molar-refractivity contribution >= 4 is 12.3 Å². The average Bonchev–Trinajstić information content (AvgIpc) is 2.71. The summed E-state index contributed by atoms with van der Waals surface area (Å²) in [5, 5.41) is 11.6. The van der Waals surface area contributed by atoms with Crippen LogP contribution in [0, 0.1) is 17.8 Å². The highest BCUT2D eigenvalue weighted by atomic mass is 16.4. The first-order valence-electron chi connectivity index (χ1n) is 7.60. The van der Waals surface area contributed by atoms with Crippen LogP contribution in [0.2, 0.25) is 0 Å². The fourth-order valence-electron chi connectivity index (χ4n) is 3.25. The summed E-state index contributed by atoms with van der Waals surface area (Å²) in [5.41, 5.74) is 6.05. The minimum absolute atomic E-state index is 0.0220. The number of aldehydes is 1. The molecule has 20 heavy (non-hydrogen) atoms. The van der Waals surface area contributed by atoms with E-state index in [4.69, 9.17) is 10.8 Å². The first-order valence-corrected chi connectivity index (χ1v) is 7.60. The van der Waals surface area contributed by atoms with Gasteiger partial charge in [0.15, 0.2) is 0 Å². The van der Waals surface area contributed by atoms with Gasteiger partial charge in [0.05, 0.1) is 12.5 Å². The Labute approximate surface area is 121 Å². The molecule has 5 heteroatoms. The van der Waals surface area contributed by atoms with Crippen LogP contribution in [0.15, 0.2) is 0 Å². The van der Waals surface area contributed by atoms with E-state index in [2.05, 4.69) is 19.2 Å². The normalized spacial score (nSPS) is 29.1. The van der Waals surface area contributed by atoms with Crippen LogP contribution in [0.3, 0.4) is 0 Å². The van der Waals surface area contributed by atoms with Crippen LogP contribution < -0.4 is 11.1 Å². The molecule has 0 spiro atoms. The highest BCUT2D eigenvalue weighted by Gasteiger charge is 2.29. The predicted octanol–water partition coefficient (Wildman–Crippen LogP) is 1.41. The van der Waals surface area contributed by atoms with Crippen molar-refractivity contribution in [3.05, 3.63) is 0 Å². The molecule has 0 aromatic carbocycles. The van der Waals surface area contributed by atoms with E-state index in [1.165, 1.54) is 12.8 Å². The maximum Gasteiger partial charge on any atom is 0.305 e. The lowest BCUT2D eigenvalue weighted by molar-refractivity contribution is -0.138. The molecule has 116 valence electrons. The Morgan fingerprint density at radius 1 is 1.40 bits per heavy atom. The maximum atomic E-state index is 10.7. The molecular weight excluding hydrogens is 256 g/mol. The van der Waals surface area contributed by atoms with Crippen molar-refractivity contribution in [2.24, 2.45) is 23.5 Å². The van der Waals surface area contributed by atoms with E-state index >= 15 is 0 Å². The van der Waals surface area contributed by atoms with Gasteiger partial charge in [-0.1, -0.05) is 26.7 Å². The quantitative estimate of drug-likeness (QED) is 0.557. The number of nitrogens with two attached hydrogens (primary N) is 1. The molecule has 4 atom stereocenters. The summed E-state index contributed by atoms with van der Waals surface area (Å²) in [5.74, 6) is 1.33. The maximum absolute atomic E-state index is 10.7. The van der Waals surface area contributed by atoms with Gasteiger partial charge in [0.2, 0.25) is 0 Å². The molecule has 0 amide bonds. The number of hydrogen-bond donors (Lipinski definition) is 3. The minimum atomic E-state index is -0.975. The number of carboxylic acids is 1. The van der Waals surface area contributed by atoms with Gasteiger partial charge in [0.1, 0.15) is 6.29 Å². The number of nitrogens with one attached hydrogen (secondary N) is 1. The van der Waals surface area contributed by atoms with Gasteiger partial charge < -0.3 is 21.0 Å². The van der Waals surface area contributed by atoms with Crippen molar-refractivity contribution in [2.45, 2.75) is 58.0 Å². The smallest absolute Gasteiger partial charge is 0.305 e. The second-order valence-electron chi connectivity index (χ2n) is 6.28. The van der Waals surface area contributed by atoms with E-state index in [0.717, 1.165) is 30.6 Å². The van der Waals surface area contributed by atoms with E-state index in [0.29, 0.717) is 12.8 Å². The summed E-state index contributed by atoms with van der Waals surface area (Å²) < 4.78 is 0. The third kappa shape index (κ3) is 5.59. The lowest BCUT2D eigenvalue weighted by Gasteiger charge is -2.22. The SMILES string of the molecule is CC1CCC(C)C1CCC(N)CN[C@H](C=O)CC(=O)O. The standard InChI is InChI=1S/C15H28N2O3/c1-10-3-4-11(2)14(10)6-5-12(16)8-17-13(9-18)7-15(19)20/h9-14,17H,3-8,16H2,1-2H3,(H,19,20)/t10?,11?,12?,13-,14?/m0/s1. The van der Waals surface area contributed by atoms with Crippen molar-refractivity contribution in [3.63, 3.8) is 0 Å². The summed E-state index contributed by atoms with van der Waals surface area (Å²) >= 11 is 0. The molecule has 5 nitrogen and oxygen atoms in total. The molecule has 0 radical (unpaired) electrons. The molecule has 1 fully saturated rings. The molecule has 0 heterocycles. The number of carbonyl (C=O) groups excluding carboxylic acids is 1. The van der Waals surface area contributed by atoms with E-state index in [1.54, 1.807) is 0 Å². The van der Waals surface area contributed by atoms with Crippen LogP contribution in [0.4, 0.5) is 0 Å². The largest absolute Gasteiger partial charge is 0.481 e. The van der Waals surface area contributed by atoms with Crippen molar-refractivity contribution in [1.82, 2.24) is 5.32 Å². The number of carboxylic acid groups (broad SMARTS) is 1. The molecule has 1 saturated carbocycles. The number of carbonyl (C=O) groups is 2. The zero-order valence-electron chi connectivity index (χ0n) is 12.5. The van der Waals surface area contributed by atoms with Crippen LogP contribution in [-0.4, -0.2) is 36.0 Å². The zero-order valence-corrected chi connectivity index (χ0v) is 12.5. The predicted molar refractivity (Wildman–Crippen MR) is 78.4 cm³/mol. The van der Waals surface area contributed by atoms with Crippen molar-refractivity contribution in [3.8, 4) is 0 Å². The highest BCUT2D eigenvalue weighted by molar-refractivity contribution is 5.73. The first-order chi connectivity index (χ1) is 9.43. The van der Waals surface area contributed by atoms with Crippen molar-refractivity contribution < 1.29 is 14.7 Å². The van der Waals surface area contributed by atoms with E-state index in [1.807, 2.05) is 0 Å². The second kappa shape index (κ2) is 8.37. The van der Waals surface area contributed by atoms with Gasteiger partial charge in [-0.2, -0.15) is 0 Å². The minimum Gasteiger partial charge on any atom is -0.481 e. The number of hydrogen-bond acceptors (Lipinski definition) is 4. The first kappa shape index (κ1) is 17.1.